The Kier molecular flexibility index (Phi) is 2.77. The van der Waals surface area contributed by atoms with E-state index in [2.05, 4.69) is 25.3 Å². The second-order valence-corrected chi connectivity index (χ2v) is 3.27. The highest BCUT2D eigenvalue weighted by Crippen LogP contribution is 2.17. The van der Waals surface area contributed by atoms with Gasteiger partial charge in [0.2, 0.25) is 5.88 Å². The summed E-state index contributed by atoms with van der Waals surface area (Å²) in [7, 11) is 1.88. The van der Waals surface area contributed by atoms with Gasteiger partial charge >= 0.3 is 0 Å². The zero-order chi connectivity index (χ0) is 10.7. The first kappa shape index (κ1) is 9.85. The first-order valence-corrected chi connectivity index (χ1v) is 4.76. The van der Waals surface area contributed by atoms with Crippen molar-refractivity contribution in [3.63, 3.8) is 0 Å². The van der Waals surface area contributed by atoms with Gasteiger partial charge in [0, 0.05) is 6.54 Å². The molecule has 0 amide bonds. The molecule has 0 aliphatic heterocycles. The molecule has 15 heavy (non-hydrogen) atoms. The number of likely N-dealkylation sites (N-methyl/N-ethyl adjacent to an activating group) is 1. The smallest absolute Gasteiger partial charge is 0.243 e. The number of nitrogens with one attached hydrogen (secondary N) is 2. The summed E-state index contributed by atoms with van der Waals surface area (Å²) in [6, 6.07) is 0. The van der Waals surface area contributed by atoms with Gasteiger partial charge in [0.1, 0.15) is 17.9 Å². The van der Waals surface area contributed by atoms with Crippen LogP contribution in [0.25, 0.3) is 11.2 Å². The Morgan fingerprint density at radius 2 is 2.33 bits per heavy atom. The molecule has 2 N–H and O–H groups in total. The fourth-order valence-corrected chi connectivity index (χ4v) is 1.35. The summed E-state index contributed by atoms with van der Waals surface area (Å²) < 4.78 is 5.64. The highest BCUT2D eigenvalue weighted by Gasteiger charge is 2.09. The van der Waals surface area contributed by atoms with Crippen LogP contribution in [0.2, 0.25) is 0 Å². The molecule has 1 atom stereocenters. The molecule has 80 valence electrons. The zero-order valence-electron chi connectivity index (χ0n) is 8.69. The van der Waals surface area contributed by atoms with E-state index in [0.717, 1.165) is 12.1 Å². The van der Waals surface area contributed by atoms with Crippen LogP contribution in [0.4, 0.5) is 0 Å². The number of H-pyrrole nitrogens is 1. The van der Waals surface area contributed by atoms with E-state index in [4.69, 9.17) is 4.74 Å². The largest absolute Gasteiger partial charge is 0.472 e. The fourth-order valence-electron chi connectivity index (χ4n) is 1.35. The molecule has 2 rings (SSSR count). The summed E-state index contributed by atoms with van der Waals surface area (Å²) in [5, 5.41) is 3.04. The second-order valence-electron chi connectivity index (χ2n) is 3.27. The lowest BCUT2D eigenvalue weighted by Gasteiger charge is -2.12. The van der Waals surface area contributed by atoms with Crippen molar-refractivity contribution < 1.29 is 4.74 Å². The molecule has 0 spiro atoms. The summed E-state index contributed by atoms with van der Waals surface area (Å²) >= 11 is 0. The van der Waals surface area contributed by atoms with Gasteiger partial charge < -0.3 is 15.0 Å². The van der Waals surface area contributed by atoms with Gasteiger partial charge in [-0.2, -0.15) is 4.98 Å². The minimum absolute atomic E-state index is 0.0522. The van der Waals surface area contributed by atoms with Gasteiger partial charge in [0.15, 0.2) is 5.65 Å². The van der Waals surface area contributed by atoms with Gasteiger partial charge in [0.05, 0.1) is 6.33 Å². The number of nitrogens with zero attached hydrogens (tertiary/aromatic N) is 3. The summed E-state index contributed by atoms with van der Waals surface area (Å²) in [6.07, 6.45) is 3.08. The van der Waals surface area contributed by atoms with Gasteiger partial charge in [-0.25, -0.2) is 9.97 Å². The molecular weight excluding hydrogens is 194 g/mol. The third kappa shape index (κ3) is 2.04. The van der Waals surface area contributed by atoms with E-state index >= 15 is 0 Å². The molecule has 0 saturated carbocycles. The molecule has 0 bridgehead atoms. The van der Waals surface area contributed by atoms with Crippen LogP contribution in [0, 0.1) is 0 Å². The van der Waals surface area contributed by atoms with Gasteiger partial charge in [-0.1, -0.05) is 0 Å². The Labute approximate surface area is 87.1 Å². The van der Waals surface area contributed by atoms with Crippen LogP contribution in [0.3, 0.4) is 0 Å². The van der Waals surface area contributed by atoms with E-state index in [1.54, 1.807) is 6.33 Å². The fraction of sp³-hybridized carbons (Fsp3) is 0.444. The molecule has 1 unspecified atom stereocenters. The molecule has 0 saturated heterocycles. The van der Waals surface area contributed by atoms with Crippen molar-refractivity contribution in [3.8, 4) is 5.88 Å². The van der Waals surface area contributed by atoms with Gasteiger partial charge in [-0.15, -0.1) is 0 Å². The zero-order valence-corrected chi connectivity index (χ0v) is 8.69. The highest BCUT2D eigenvalue weighted by molar-refractivity contribution is 5.74. The number of fused-ring (bicyclic) bond motifs is 1. The molecule has 2 heterocycles. The highest BCUT2D eigenvalue weighted by atomic mass is 16.5. The average Bonchev–Trinajstić information content (AvgIpc) is 2.67. The normalized spacial score (nSPS) is 12.9. The van der Waals surface area contributed by atoms with Crippen LogP contribution in [0.15, 0.2) is 12.7 Å². The third-order valence-electron chi connectivity index (χ3n) is 1.99. The monoisotopic (exact) mass is 207 g/mol. The summed E-state index contributed by atoms with van der Waals surface area (Å²) in [4.78, 5) is 15.1. The maximum atomic E-state index is 5.64. The van der Waals surface area contributed by atoms with E-state index in [1.165, 1.54) is 6.33 Å². The molecule has 0 radical (unpaired) electrons. The summed E-state index contributed by atoms with van der Waals surface area (Å²) in [5.74, 6) is 0.542. The molecular formula is C9H13N5O. The first-order valence-electron chi connectivity index (χ1n) is 4.76. The van der Waals surface area contributed by atoms with Crippen LogP contribution in [0.5, 0.6) is 5.88 Å². The summed E-state index contributed by atoms with van der Waals surface area (Å²) in [6.45, 7) is 2.74. The molecule has 6 heteroatoms. The Morgan fingerprint density at radius 3 is 3.13 bits per heavy atom. The van der Waals surface area contributed by atoms with Crippen LogP contribution in [-0.2, 0) is 0 Å². The van der Waals surface area contributed by atoms with Crippen molar-refractivity contribution in [3.05, 3.63) is 12.7 Å². The predicted molar refractivity (Wildman–Crippen MR) is 55.7 cm³/mol. The van der Waals surface area contributed by atoms with E-state index in [-0.39, 0.29) is 6.10 Å². The SMILES string of the molecule is CNCC(C)Oc1ncnc2nc[nH]c12. The topological polar surface area (TPSA) is 75.7 Å². The first-order chi connectivity index (χ1) is 7.31. The van der Waals surface area contributed by atoms with E-state index in [1.807, 2.05) is 14.0 Å². The van der Waals surface area contributed by atoms with E-state index in [0.29, 0.717) is 11.5 Å². The van der Waals surface area contributed by atoms with E-state index < -0.39 is 0 Å². The van der Waals surface area contributed by atoms with Crippen LogP contribution in [0.1, 0.15) is 6.92 Å². The maximum absolute atomic E-state index is 5.64. The molecule has 0 aromatic carbocycles. The van der Waals surface area contributed by atoms with Crippen molar-refractivity contribution in [1.29, 1.82) is 0 Å². The minimum Gasteiger partial charge on any atom is -0.472 e. The standard InChI is InChI=1S/C9H13N5O/c1-6(3-10-2)15-9-7-8(12-4-11-7)13-5-14-9/h4-6,10H,3H2,1-2H3,(H,11,12,13,14). The lowest BCUT2D eigenvalue weighted by Crippen LogP contribution is -2.26. The summed E-state index contributed by atoms with van der Waals surface area (Å²) in [5.41, 5.74) is 1.36. The van der Waals surface area contributed by atoms with Crippen molar-refractivity contribution in [2.24, 2.45) is 0 Å². The Hall–Kier alpha value is -1.69. The Bertz CT molecular complexity index is 441. The number of aromatic amines is 1. The molecule has 2 aromatic heterocycles. The van der Waals surface area contributed by atoms with Crippen molar-refractivity contribution in [2.45, 2.75) is 13.0 Å². The van der Waals surface area contributed by atoms with Crippen molar-refractivity contribution in [2.75, 3.05) is 13.6 Å². The average molecular weight is 207 g/mol. The molecule has 6 nitrogen and oxygen atoms in total. The van der Waals surface area contributed by atoms with Crippen molar-refractivity contribution in [1.82, 2.24) is 25.3 Å². The predicted octanol–water partition coefficient (Wildman–Crippen LogP) is 0.340. The molecule has 0 aliphatic carbocycles. The Morgan fingerprint density at radius 1 is 1.47 bits per heavy atom. The second kappa shape index (κ2) is 4.22. The number of hydrogen-bond donors (Lipinski definition) is 2. The van der Waals surface area contributed by atoms with E-state index in [9.17, 15) is 0 Å². The minimum atomic E-state index is 0.0522. The number of rotatable bonds is 4. The number of hydrogen-bond acceptors (Lipinski definition) is 5. The van der Waals surface area contributed by atoms with Crippen molar-refractivity contribution >= 4 is 11.2 Å². The van der Waals surface area contributed by atoms with Crippen LogP contribution in [-0.4, -0.2) is 39.6 Å². The lowest BCUT2D eigenvalue weighted by molar-refractivity contribution is 0.214. The lowest BCUT2D eigenvalue weighted by atomic mass is 10.4. The number of aromatic nitrogens is 4. The van der Waals surface area contributed by atoms with Gasteiger partial charge in [-0.3, -0.25) is 0 Å². The van der Waals surface area contributed by atoms with Crippen LogP contribution < -0.4 is 10.1 Å². The van der Waals surface area contributed by atoms with Gasteiger partial charge in [0.25, 0.3) is 0 Å². The van der Waals surface area contributed by atoms with Gasteiger partial charge in [-0.05, 0) is 14.0 Å². The number of ether oxygens (including phenoxy) is 1. The Balaban J connectivity index is 2.23. The maximum Gasteiger partial charge on any atom is 0.243 e. The number of imidazole rings is 1. The molecule has 2 aromatic rings. The third-order valence-corrected chi connectivity index (χ3v) is 1.99. The quantitative estimate of drug-likeness (QED) is 0.756. The molecule has 0 fully saturated rings. The molecule has 0 aliphatic rings. The van der Waals surface area contributed by atoms with Crippen LogP contribution >= 0.6 is 0 Å².